The Bertz CT molecular complexity index is 1680. The van der Waals surface area contributed by atoms with Crippen LogP contribution >= 0.6 is 0 Å². The molecular formula is C31H35N2NaO11. The van der Waals surface area contributed by atoms with Crippen molar-refractivity contribution in [3.63, 3.8) is 0 Å². The van der Waals surface area contributed by atoms with Crippen molar-refractivity contribution in [1.29, 1.82) is 0 Å². The first-order valence-electron chi connectivity index (χ1n) is 13.7. The number of nitrogens with two attached hydrogens (primary N) is 1. The number of fused-ring (bicyclic) bond motifs is 1. The van der Waals surface area contributed by atoms with Gasteiger partial charge in [0.2, 0.25) is 6.29 Å². The summed E-state index contributed by atoms with van der Waals surface area (Å²) in [6, 6.07) is 6.87. The first-order valence-corrected chi connectivity index (χ1v) is 13.7. The van der Waals surface area contributed by atoms with Gasteiger partial charge in [0.05, 0.1) is 11.0 Å². The quantitative estimate of drug-likeness (QED) is 0.148. The molecule has 1 aliphatic rings. The van der Waals surface area contributed by atoms with Crippen LogP contribution in [0.2, 0.25) is 0 Å². The van der Waals surface area contributed by atoms with Crippen LogP contribution in [0, 0.1) is 6.92 Å². The van der Waals surface area contributed by atoms with E-state index in [1.807, 2.05) is 19.9 Å². The van der Waals surface area contributed by atoms with Gasteiger partial charge in [-0.2, -0.15) is 0 Å². The Morgan fingerprint density at radius 3 is 2.51 bits per heavy atom. The number of primary amides is 1. The van der Waals surface area contributed by atoms with Crippen molar-refractivity contribution in [2.24, 2.45) is 5.73 Å². The summed E-state index contributed by atoms with van der Waals surface area (Å²) in [4.78, 5) is 37.5. The van der Waals surface area contributed by atoms with Crippen LogP contribution in [-0.4, -0.2) is 59.5 Å². The van der Waals surface area contributed by atoms with E-state index in [0.717, 1.165) is 5.57 Å². The van der Waals surface area contributed by atoms with Crippen molar-refractivity contribution in [3.05, 3.63) is 69.1 Å². The number of aliphatic hydroxyl groups excluding tert-OH is 1. The van der Waals surface area contributed by atoms with Crippen LogP contribution in [0.25, 0.3) is 11.0 Å². The van der Waals surface area contributed by atoms with Crippen molar-refractivity contribution >= 4 is 28.7 Å². The van der Waals surface area contributed by atoms with Gasteiger partial charge in [-0.15, -0.1) is 5.75 Å². The molecule has 1 saturated heterocycles. The van der Waals surface area contributed by atoms with Crippen molar-refractivity contribution in [2.75, 3.05) is 12.4 Å². The summed E-state index contributed by atoms with van der Waals surface area (Å²) in [5, 5.41) is 36.6. The van der Waals surface area contributed by atoms with E-state index in [4.69, 9.17) is 29.1 Å². The molecule has 4 atom stereocenters. The Morgan fingerprint density at radius 1 is 1.20 bits per heavy atom. The summed E-state index contributed by atoms with van der Waals surface area (Å²) in [6.45, 7) is 8.63. The molecule has 14 heteroatoms. The Morgan fingerprint density at radius 2 is 1.89 bits per heavy atom. The SMILES string of the molecule is CO[C@H]1[C@@H](OC(N)=O)[C@@H](O)[C@H](Oc2ccc3c(O)c(NC(=O)c4ccc([O-])c(CC=C(C)C)c4)c(=O)oc3c2C)OC1(C)C.[Na+]. The van der Waals surface area contributed by atoms with E-state index in [1.165, 1.54) is 37.4 Å². The molecule has 2 heterocycles. The molecule has 236 valence electrons. The van der Waals surface area contributed by atoms with Gasteiger partial charge in [0.25, 0.3) is 5.91 Å². The fourth-order valence-corrected chi connectivity index (χ4v) is 5.05. The molecule has 0 aliphatic carbocycles. The second-order valence-electron chi connectivity index (χ2n) is 11.2. The van der Waals surface area contributed by atoms with Gasteiger partial charge in [-0.1, -0.05) is 29.3 Å². The van der Waals surface area contributed by atoms with Crippen molar-refractivity contribution in [3.8, 4) is 17.2 Å². The van der Waals surface area contributed by atoms with Crippen LogP contribution in [0.4, 0.5) is 10.5 Å². The number of allylic oxidation sites excluding steroid dienone is 2. The molecular weight excluding hydrogens is 599 g/mol. The number of rotatable bonds is 8. The molecule has 0 spiro atoms. The Kier molecular flexibility index (Phi) is 11.3. The number of nitrogens with one attached hydrogen (secondary N) is 1. The molecule has 13 nitrogen and oxygen atoms in total. The van der Waals surface area contributed by atoms with E-state index in [9.17, 15) is 29.7 Å². The molecule has 1 fully saturated rings. The third-order valence-electron chi connectivity index (χ3n) is 7.31. The van der Waals surface area contributed by atoms with Gasteiger partial charge >= 0.3 is 41.3 Å². The molecule has 1 aromatic heterocycles. The summed E-state index contributed by atoms with van der Waals surface area (Å²) < 4.78 is 27.8. The second kappa shape index (κ2) is 14.2. The molecule has 3 aromatic rings. The van der Waals surface area contributed by atoms with Crippen molar-refractivity contribution in [1.82, 2.24) is 0 Å². The van der Waals surface area contributed by atoms with Crippen LogP contribution in [0.5, 0.6) is 17.2 Å². The number of amides is 2. The van der Waals surface area contributed by atoms with E-state index in [0.29, 0.717) is 12.0 Å². The number of hydrogen-bond donors (Lipinski definition) is 4. The van der Waals surface area contributed by atoms with Crippen LogP contribution in [0.3, 0.4) is 0 Å². The molecule has 0 bridgehead atoms. The first-order chi connectivity index (χ1) is 20.6. The number of ether oxygens (including phenoxy) is 4. The summed E-state index contributed by atoms with van der Waals surface area (Å²) >= 11 is 0. The monoisotopic (exact) mass is 634 g/mol. The Balaban J connectivity index is 0.00000552. The average molecular weight is 635 g/mol. The summed E-state index contributed by atoms with van der Waals surface area (Å²) in [5.74, 6) is -1.38. The Hall–Kier alpha value is -3.59. The summed E-state index contributed by atoms with van der Waals surface area (Å²) in [6.07, 6.45) is -3.93. The van der Waals surface area contributed by atoms with Gasteiger partial charge in [-0.25, -0.2) is 9.59 Å². The molecule has 2 amide bonds. The van der Waals surface area contributed by atoms with E-state index in [1.54, 1.807) is 20.8 Å². The predicted molar refractivity (Wildman–Crippen MR) is 157 cm³/mol. The van der Waals surface area contributed by atoms with Crippen LogP contribution in [0.1, 0.15) is 49.2 Å². The molecule has 5 N–H and O–H groups in total. The second-order valence-corrected chi connectivity index (χ2v) is 11.2. The molecule has 0 saturated carbocycles. The van der Waals surface area contributed by atoms with Gasteiger partial charge in [0.1, 0.15) is 17.4 Å². The van der Waals surface area contributed by atoms with Crippen molar-refractivity contribution < 1.29 is 77.8 Å². The number of anilines is 1. The zero-order valence-corrected chi connectivity index (χ0v) is 28.1. The molecule has 2 aromatic carbocycles. The maximum atomic E-state index is 13.0. The minimum atomic E-state index is -1.52. The van der Waals surface area contributed by atoms with E-state index in [2.05, 4.69) is 5.32 Å². The van der Waals surface area contributed by atoms with E-state index >= 15 is 0 Å². The van der Waals surface area contributed by atoms with Crippen LogP contribution in [-0.2, 0) is 20.6 Å². The van der Waals surface area contributed by atoms with E-state index in [-0.39, 0.29) is 63.2 Å². The predicted octanol–water partition coefficient (Wildman–Crippen LogP) is -0.000880. The number of aliphatic hydroxyl groups is 1. The fraction of sp³-hybridized carbons (Fsp3) is 0.387. The smallest absolute Gasteiger partial charge is 0.872 e. The minimum Gasteiger partial charge on any atom is -0.872 e. The van der Waals surface area contributed by atoms with Gasteiger partial charge in [0, 0.05) is 18.2 Å². The summed E-state index contributed by atoms with van der Waals surface area (Å²) in [7, 11) is 1.37. The zero-order chi connectivity index (χ0) is 32.5. The number of hydrogen-bond acceptors (Lipinski definition) is 11. The largest absolute Gasteiger partial charge is 1.00 e. The third-order valence-corrected chi connectivity index (χ3v) is 7.31. The number of carbonyl (C=O) groups is 2. The van der Waals surface area contributed by atoms with Gasteiger partial charge in [-0.05, 0) is 59.2 Å². The van der Waals surface area contributed by atoms with E-state index < -0.39 is 59.3 Å². The number of benzene rings is 2. The molecule has 45 heavy (non-hydrogen) atoms. The number of aryl methyl sites for hydroxylation is 1. The molecule has 0 radical (unpaired) electrons. The molecule has 1 aliphatic heterocycles. The number of carbonyl (C=O) groups excluding carboxylic acids is 2. The van der Waals surface area contributed by atoms with Gasteiger partial charge in [0.15, 0.2) is 23.6 Å². The first kappa shape index (κ1) is 35.9. The number of methoxy groups -OCH3 is 1. The van der Waals surface area contributed by atoms with Gasteiger partial charge in [-0.3, -0.25) is 4.79 Å². The van der Waals surface area contributed by atoms with Gasteiger partial charge < -0.3 is 49.7 Å². The maximum Gasteiger partial charge on any atom is 1.00 e. The maximum absolute atomic E-state index is 13.0. The average Bonchev–Trinajstić information content (AvgIpc) is 2.94. The fourth-order valence-electron chi connectivity index (χ4n) is 5.05. The Labute approximate surface area is 281 Å². The van der Waals surface area contributed by atoms with Crippen LogP contribution in [0.15, 0.2) is 51.2 Å². The normalized spacial score (nSPS) is 20.5. The molecule has 0 unspecified atom stereocenters. The number of aromatic hydroxyl groups is 1. The molecule has 4 rings (SSSR count). The minimum absolute atomic E-state index is 0. The zero-order valence-electron chi connectivity index (χ0n) is 26.1. The van der Waals surface area contributed by atoms with Crippen LogP contribution < -0.4 is 56.1 Å². The summed E-state index contributed by atoms with van der Waals surface area (Å²) in [5.41, 5.74) is 4.31. The standard InChI is InChI=1S/C31H36N2O11.Na/c1-14(2)7-8-16-13-17(9-11-19(16)34)27(37)33-21-22(35)18-10-12-20(15(3)24(18)42-28(21)38)41-29-23(36)25(43-30(32)39)26(40-6)31(4,5)44-29;/h7,9-13,23,25-26,29,34-36H,8H2,1-6H3,(H2,32,39)(H,33,37);/q;+1/p-1/t23-,25+,26+,29-;/m1./s1. The van der Waals surface area contributed by atoms with Crippen molar-refractivity contribution in [2.45, 2.75) is 71.2 Å². The third kappa shape index (κ3) is 7.63. The topological polar surface area (TPSA) is 203 Å².